The number of nitrogens with one attached hydrogen (secondary N) is 1. The lowest BCUT2D eigenvalue weighted by atomic mass is 10.1. The predicted octanol–water partition coefficient (Wildman–Crippen LogP) is 3.76. The molecule has 3 N–H and O–H groups in total. The Morgan fingerprint density at radius 3 is 2.76 bits per heavy atom. The summed E-state index contributed by atoms with van der Waals surface area (Å²) >= 11 is 0. The molecule has 0 bridgehead atoms. The molecule has 5 heteroatoms. The van der Waals surface area contributed by atoms with Gasteiger partial charge >= 0.3 is 5.97 Å². The van der Waals surface area contributed by atoms with E-state index in [4.69, 9.17) is 9.84 Å². The van der Waals surface area contributed by atoms with Crippen LogP contribution in [-0.4, -0.2) is 23.3 Å². The van der Waals surface area contributed by atoms with Crippen LogP contribution in [0.2, 0.25) is 0 Å². The molecule has 0 aliphatic heterocycles. The molecule has 0 saturated heterocycles. The van der Waals surface area contributed by atoms with Gasteiger partial charge in [-0.1, -0.05) is 18.2 Å². The van der Waals surface area contributed by atoms with Gasteiger partial charge in [0.2, 0.25) is 0 Å². The van der Waals surface area contributed by atoms with E-state index in [0.717, 1.165) is 22.4 Å². The molecular weight excluding hydrogens is 318 g/mol. The van der Waals surface area contributed by atoms with Gasteiger partial charge in [0.1, 0.15) is 0 Å². The molecule has 132 valence electrons. The zero-order valence-electron chi connectivity index (χ0n) is 14.3. The average molecular weight is 341 g/mol. The number of ether oxygens (including phenoxy) is 1. The highest BCUT2D eigenvalue weighted by molar-refractivity contribution is 5.67. The molecule has 0 aliphatic rings. The fraction of sp³-hybridized carbons (Fsp3) is 0.250. The number of hydrogen-bond acceptors (Lipinski definition) is 4. The summed E-state index contributed by atoms with van der Waals surface area (Å²) in [5, 5.41) is 22.2. The first-order chi connectivity index (χ1) is 12.0. The number of allylic oxidation sites excluding steroid dienone is 1. The number of phenolic OH excluding ortho intramolecular Hbond substituents is 1. The number of benzene rings is 2. The van der Waals surface area contributed by atoms with Crippen LogP contribution in [0.3, 0.4) is 0 Å². The van der Waals surface area contributed by atoms with Crippen molar-refractivity contribution < 1.29 is 19.7 Å². The summed E-state index contributed by atoms with van der Waals surface area (Å²) in [6.07, 6.45) is 2.91. The van der Waals surface area contributed by atoms with Crippen LogP contribution in [0, 0.1) is 0 Å². The first kappa shape index (κ1) is 18.4. The minimum Gasteiger partial charge on any atom is -0.504 e. The number of phenols is 1. The lowest BCUT2D eigenvalue weighted by Crippen LogP contribution is -2.02. The maximum Gasteiger partial charge on any atom is 0.303 e. The monoisotopic (exact) mass is 341 g/mol. The van der Waals surface area contributed by atoms with E-state index in [2.05, 4.69) is 11.9 Å². The molecule has 2 aromatic carbocycles. The standard InChI is InChI=1S/C20H23NO4/c1-3-5-16-10-15(12-18(25-2)20(16)24)13-21-17-7-4-6-14(11-17)8-9-19(22)23/h3-4,6-7,10-12,21,24H,1,5,8-9,13H2,2H3,(H,22,23). The van der Waals surface area contributed by atoms with Crippen LogP contribution in [0.25, 0.3) is 0 Å². The Morgan fingerprint density at radius 1 is 1.28 bits per heavy atom. The first-order valence-corrected chi connectivity index (χ1v) is 8.07. The van der Waals surface area contributed by atoms with Crippen molar-refractivity contribution in [2.24, 2.45) is 0 Å². The number of anilines is 1. The van der Waals surface area contributed by atoms with E-state index >= 15 is 0 Å². The zero-order valence-corrected chi connectivity index (χ0v) is 14.3. The van der Waals surface area contributed by atoms with Crippen LogP contribution in [-0.2, 0) is 24.2 Å². The molecule has 0 fully saturated rings. The van der Waals surface area contributed by atoms with Gasteiger partial charge in [-0.15, -0.1) is 6.58 Å². The van der Waals surface area contributed by atoms with E-state index in [9.17, 15) is 9.90 Å². The van der Waals surface area contributed by atoms with E-state index in [-0.39, 0.29) is 12.2 Å². The minimum atomic E-state index is -0.802. The van der Waals surface area contributed by atoms with Crippen LogP contribution in [0.1, 0.15) is 23.1 Å². The molecule has 0 atom stereocenters. The quantitative estimate of drug-likeness (QED) is 0.605. The number of rotatable bonds is 9. The number of aromatic hydroxyl groups is 1. The number of carboxylic acids is 1. The van der Waals surface area contributed by atoms with E-state index < -0.39 is 5.97 Å². The van der Waals surface area contributed by atoms with Gasteiger partial charge in [-0.3, -0.25) is 4.79 Å². The molecule has 5 nitrogen and oxygen atoms in total. The van der Waals surface area contributed by atoms with Crippen molar-refractivity contribution in [2.75, 3.05) is 12.4 Å². The van der Waals surface area contributed by atoms with E-state index in [1.165, 1.54) is 7.11 Å². The molecule has 0 spiro atoms. The van der Waals surface area contributed by atoms with Crippen molar-refractivity contribution >= 4 is 11.7 Å². The highest BCUT2D eigenvalue weighted by Gasteiger charge is 2.10. The third kappa shape index (κ3) is 5.28. The van der Waals surface area contributed by atoms with Gasteiger partial charge in [-0.2, -0.15) is 0 Å². The Kier molecular flexibility index (Phi) is 6.46. The summed E-state index contributed by atoms with van der Waals surface area (Å²) in [6, 6.07) is 11.4. The lowest BCUT2D eigenvalue weighted by Gasteiger charge is -2.13. The molecule has 0 amide bonds. The first-order valence-electron chi connectivity index (χ1n) is 8.07. The molecule has 0 radical (unpaired) electrons. The zero-order chi connectivity index (χ0) is 18.2. The Morgan fingerprint density at radius 2 is 2.08 bits per heavy atom. The third-order valence-electron chi connectivity index (χ3n) is 3.85. The minimum absolute atomic E-state index is 0.115. The molecule has 2 rings (SSSR count). The topological polar surface area (TPSA) is 78.8 Å². The third-order valence-corrected chi connectivity index (χ3v) is 3.85. The number of hydrogen-bond donors (Lipinski definition) is 3. The number of carbonyl (C=O) groups is 1. The van der Waals surface area contributed by atoms with Gasteiger partial charge in [0, 0.05) is 24.2 Å². The molecule has 0 saturated carbocycles. The predicted molar refractivity (Wildman–Crippen MR) is 98.3 cm³/mol. The second-order valence-electron chi connectivity index (χ2n) is 5.75. The second kappa shape index (κ2) is 8.78. The lowest BCUT2D eigenvalue weighted by molar-refractivity contribution is -0.136. The van der Waals surface area contributed by atoms with Crippen molar-refractivity contribution in [1.82, 2.24) is 0 Å². The summed E-state index contributed by atoms with van der Waals surface area (Å²) in [5.74, 6) is -0.225. The van der Waals surface area contributed by atoms with Crippen LogP contribution >= 0.6 is 0 Å². The molecule has 2 aromatic rings. The Hall–Kier alpha value is -2.95. The van der Waals surface area contributed by atoms with Crippen molar-refractivity contribution in [3.8, 4) is 11.5 Å². The summed E-state index contributed by atoms with van der Waals surface area (Å²) < 4.78 is 5.23. The van der Waals surface area contributed by atoms with Gasteiger partial charge in [-0.05, 0) is 48.2 Å². The number of aryl methyl sites for hydroxylation is 1. The largest absolute Gasteiger partial charge is 0.504 e. The molecule has 25 heavy (non-hydrogen) atoms. The highest BCUT2D eigenvalue weighted by Crippen LogP contribution is 2.32. The smallest absolute Gasteiger partial charge is 0.303 e. The van der Waals surface area contributed by atoms with Gasteiger partial charge in [-0.25, -0.2) is 0 Å². The molecule has 0 unspecified atom stereocenters. The van der Waals surface area contributed by atoms with Gasteiger partial charge in [0.15, 0.2) is 11.5 Å². The van der Waals surface area contributed by atoms with Gasteiger partial charge in [0.25, 0.3) is 0 Å². The number of carboxylic acid groups (broad SMARTS) is 1. The van der Waals surface area contributed by atoms with Crippen molar-refractivity contribution in [3.63, 3.8) is 0 Å². The SMILES string of the molecule is C=CCc1cc(CNc2cccc(CCC(=O)O)c2)cc(OC)c1O. The summed E-state index contributed by atoms with van der Waals surface area (Å²) in [4.78, 5) is 10.7. The normalized spacial score (nSPS) is 10.3. The van der Waals surface area contributed by atoms with Crippen LogP contribution in [0.4, 0.5) is 5.69 Å². The van der Waals surface area contributed by atoms with Crippen LogP contribution in [0.5, 0.6) is 11.5 Å². The van der Waals surface area contributed by atoms with Gasteiger partial charge in [0.05, 0.1) is 7.11 Å². The fourth-order valence-corrected chi connectivity index (χ4v) is 2.59. The van der Waals surface area contributed by atoms with E-state index in [1.807, 2.05) is 30.3 Å². The number of aliphatic carboxylic acids is 1. The van der Waals surface area contributed by atoms with Crippen molar-refractivity contribution in [2.45, 2.75) is 25.8 Å². The maximum atomic E-state index is 10.7. The highest BCUT2D eigenvalue weighted by atomic mass is 16.5. The van der Waals surface area contributed by atoms with Gasteiger partial charge < -0.3 is 20.3 Å². The van der Waals surface area contributed by atoms with Crippen LogP contribution < -0.4 is 10.1 Å². The van der Waals surface area contributed by atoms with E-state index in [0.29, 0.717) is 25.1 Å². The summed E-state index contributed by atoms with van der Waals surface area (Å²) in [6.45, 7) is 4.26. The Labute approximate surface area is 147 Å². The summed E-state index contributed by atoms with van der Waals surface area (Å²) in [5.41, 5.74) is 3.63. The molecule has 0 aromatic heterocycles. The molecular formula is C20H23NO4. The molecule has 0 heterocycles. The van der Waals surface area contributed by atoms with Crippen molar-refractivity contribution in [1.29, 1.82) is 0 Å². The Bertz CT molecular complexity index is 755. The second-order valence-corrected chi connectivity index (χ2v) is 5.75. The molecule has 0 aliphatic carbocycles. The summed E-state index contributed by atoms with van der Waals surface area (Å²) in [7, 11) is 1.52. The maximum absolute atomic E-state index is 10.7. The Balaban J connectivity index is 2.10. The fourth-order valence-electron chi connectivity index (χ4n) is 2.59. The number of methoxy groups -OCH3 is 1. The average Bonchev–Trinajstić information content (AvgIpc) is 2.61. The van der Waals surface area contributed by atoms with Crippen molar-refractivity contribution in [3.05, 3.63) is 65.7 Å². The van der Waals surface area contributed by atoms with Crippen LogP contribution in [0.15, 0.2) is 49.1 Å². The van der Waals surface area contributed by atoms with E-state index in [1.54, 1.807) is 12.1 Å².